The number of esters is 1. The van der Waals surface area contributed by atoms with Gasteiger partial charge in [-0.15, -0.1) is 0 Å². The Bertz CT molecular complexity index is 789. The normalized spacial score (nSPS) is 10.6. The minimum Gasteiger partial charge on any atom is -0.468 e. The molecule has 0 radical (unpaired) electrons. The topological polar surface area (TPSA) is 61.2 Å². The first-order chi connectivity index (χ1) is 10.9. The number of ether oxygens (including phenoxy) is 1. The van der Waals surface area contributed by atoms with Crippen LogP contribution in [0.3, 0.4) is 0 Å². The highest BCUT2D eigenvalue weighted by atomic mass is 32.2. The fourth-order valence-corrected chi connectivity index (χ4v) is 2.94. The number of rotatable bonds is 5. The summed E-state index contributed by atoms with van der Waals surface area (Å²) in [6, 6.07) is 6.14. The Morgan fingerprint density at radius 1 is 1.43 bits per heavy atom. The van der Waals surface area contributed by atoms with E-state index in [9.17, 15) is 14.0 Å². The summed E-state index contributed by atoms with van der Waals surface area (Å²) in [5.74, 6) is -0.639. The van der Waals surface area contributed by atoms with Crippen molar-refractivity contribution in [3.05, 3.63) is 57.3 Å². The second kappa shape index (κ2) is 7.41. The highest BCUT2D eigenvalue weighted by molar-refractivity contribution is 7.99. The zero-order valence-corrected chi connectivity index (χ0v) is 13.9. The molecule has 122 valence electrons. The molecule has 1 aromatic heterocycles. The molecular formula is C16H17FN2O3S. The molecule has 0 atom stereocenters. The van der Waals surface area contributed by atoms with Gasteiger partial charge in [0.15, 0.2) is 5.16 Å². The molecule has 0 amide bonds. The van der Waals surface area contributed by atoms with Gasteiger partial charge in [0, 0.05) is 24.7 Å². The van der Waals surface area contributed by atoms with E-state index in [1.807, 2.05) is 0 Å². The number of aromatic nitrogens is 2. The number of methoxy groups -OCH3 is 1. The molecule has 0 aliphatic carbocycles. The van der Waals surface area contributed by atoms with E-state index >= 15 is 0 Å². The number of benzene rings is 1. The maximum atomic E-state index is 13.3. The molecule has 0 unspecified atom stereocenters. The molecule has 0 saturated heterocycles. The number of nitrogens with zero attached hydrogens (tertiary/aromatic N) is 2. The highest BCUT2D eigenvalue weighted by Gasteiger charge is 2.14. The van der Waals surface area contributed by atoms with Crippen molar-refractivity contribution in [2.24, 2.45) is 7.05 Å². The van der Waals surface area contributed by atoms with Crippen molar-refractivity contribution in [1.29, 1.82) is 0 Å². The molecule has 5 nitrogen and oxygen atoms in total. The molecule has 0 aliphatic rings. The lowest BCUT2D eigenvalue weighted by atomic mass is 10.1. The lowest BCUT2D eigenvalue weighted by Crippen LogP contribution is -2.26. The van der Waals surface area contributed by atoms with E-state index in [0.717, 1.165) is 11.8 Å². The zero-order chi connectivity index (χ0) is 17.0. The van der Waals surface area contributed by atoms with E-state index in [-0.39, 0.29) is 23.1 Å². The Hall–Kier alpha value is -2.15. The minimum absolute atomic E-state index is 0.0828. The number of hydrogen-bond acceptors (Lipinski definition) is 5. The van der Waals surface area contributed by atoms with E-state index in [4.69, 9.17) is 0 Å². The highest BCUT2D eigenvalue weighted by Crippen LogP contribution is 2.17. The Labute approximate surface area is 137 Å². The number of thioether (sulfide) groups is 1. The third-order valence-corrected chi connectivity index (χ3v) is 4.37. The van der Waals surface area contributed by atoms with Gasteiger partial charge in [0.2, 0.25) is 0 Å². The first-order valence-corrected chi connectivity index (χ1v) is 7.91. The van der Waals surface area contributed by atoms with Gasteiger partial charge in [0.25, 0.3) is 5.56 Å². The van der Waals surface area contributed by atoms with Crippen molar-refractivity contribution in [2.75, 3.05) is 12.9 Å². The second-order valence-electron chi connectivity index (χ2n) is 4.99. The first kappa shape index (κ1) is 17.2. The number of carbonyl (C=O) groups excluding carboxylic acids is 1. The van der Waals surface area contributed by atoms with E-state index in [0.29, 0.717) is 28.4 Å². The van der Waals surface area contributed by atoms with Crippen LogP contribution < -0.4 is 5.56 Å². The molecular weight excluding hydrogens is 319 g/mol. The molecule has 1 aromatic carbocycles. The SMILES string of the molecule is COC(=O)CSc1nc(C)c(Cc2cccc(F)c2)c(=O)n1C. The van der Waals surface area contributed by atoms with Crippen molar-refractivity contribution in [1.82, 2.24) is 9.55 Å². The molecule has 0 saturated carbocycles. The van der Waals surface area contributed by atoms with Gasteiger partial charge in [-0.2, -0.15) is 0 Å². The molecule has 2 rings (SSSR count). The van der Waals surface area contributed by atoms with Crippen molar-refractivity contribution in [2.45, 2.75) is 18.5 Å². The molecule has 0 spiro atoms. The number of hydrogen-bond donors (Lipinski definition) is 0. The van der Waals surface area contributed by atoms with Crippen LogP contribution in [0, 0.1) is 12.7 Å². The summed E-state index contributed by atoms with van der Waals surface area (Å²) in [7, 11) is 2.91. The predicted molar refractivity (Wildman–Crippen MR) is 86.2 cm³/mol. The average Bonchev–Trinajstić information content (AvgIpc) is 2.53. The number of halogens is 1. The Morgan fingerprint density at radius 3 is 2.83 bits per heavy atom. The van der Waals surface area contributed by atoms with Crippen LogP contribution in [-0.4, -0.2) is 28.4 Å². The van der Waals surface area contributed by atoms with Crippen LogP contribution in [-0.2, 0) is 23.0 Å². The van der Waals surface area contributed by atoms with Crippen LogP contribution in [0.1, 0.15) is 16.8 Å². The van der Waals surface area contributed by atoms with E-state index < -0.39 is 0 Å². The van der Waals surface area contributed by atoms with Crippen LogP contribution in [0.5, 0.6) is 0 Å². The Kier molecular flexibility index (Phi) is 5.54. The molecule has 1 heterocycles. The van der Waals surface area contributed by atoms with Crippen molar-refractivity contribution >= 4 is 17.7 Å². The van der Waals surface area contributed by atoms with E-state index in [1.54, 1.807) is 26.1 Å². The van der Waals surface area contributed by atoms with Gasteiger partial charge >= 0.3 is 5.97 Å². The summed E-state index contributed by atoms with van der Waals surface area (Å²) < 4.78 is 19.3. The van der Waals surface area contributed by atoms with E-state index in [2.05, 4.69) is 9.72 Å². The molecule has 0 bridgehead atoms. The summed E-state index contributed by atoms with van der Waals surface area (Å²) in [4.78, 5) is 28.1. The zero-order valence-electron chi connectivity index (χ0n) is 13.1. The lowest BCUT2D eigenvalue weighted by molar-refractivity contribution is -0.137. The van der Waals surface area contributed by atoms with Gasteiger partial charge in [0.1, 0.15) is 5.82 Å². The molecule has 2 aromatic rings. The molecule has 23 heavy (non-hydrogen) atoms. The van der Waals surface area contributed by atoms with Gasteiger partial charge in [-0.05, 0) is 24.6 Å². The third-order valence-electron chi connectivity index (χ3n) is 3.37. The largest absolute Gasteiger partial charge is 0.468 e. The Balaban J connectivity index is 2.30. The first-order valence-electron chi connectivity index (χ1n) is 6.93. The lowest BCUT2D eigenvalue weighted by Gasteiger charge is -2.11. The van der Waals surface area contributed by atoms with Gasteiger partial charge in [0.05, 0.1) is 12.9 Å². The summed E-state index contributed by atoms with van der Waals surface area (Å²) in [6.07, 6.45) is 0.311. The molecule has 0 fully saturated rings. The van der Waals surface area contributed by atoms with Gasteiger partial charge < -0.3 is 4.74 Å². The van der Waals surface area contributed by atoms with Crippen molar-refractivity contribution < 1.29 is 13.9 Å². The summed E-state index contributed by atoms with van der Waals surface area (Å²) >= 11 is 1.14. The summed E-state index contributed by atoms with van der Waals surface area (Å²) in [5, 5.41) is 0.445. The van der Waals surface area contributed by atoms with Gasteiger partial charge in [-0.3, -0.25) is 14.2 Å². The molecule has 0 aliphatic heterocycles. The average molecular weight is 336 g/mol. The smallest absolute Gasteiger partial charge is 0.316 e. The fourth-order valence-electron chi connectivity index (χ4n) is 2.10. The molecule has 7 heteroatoms. The predicted octanol–water partition coefficient (Wildman–Crippen LogP) is 2.08. The van der Waals surface area contributed by atoms with Crippen LogP contribution in [0.4, 0.5) is 4.39 Å². The van der Waals surface area contributed by atoms with Crippen LogP contribution in [0.25, 0.3) is 0 Å². The van der Waals surface area contributed by atoms with Gasteiger partial charge in [-0.25, -0.2) is 9.37 Å². The quantitative estimate of drug-likeness (QED) is 0.475. The fraction of sp³-hybridized carbons (Fsp3) is 0.312. The van der Waals surface area contributed by atoms with E-state index in [1.165, 1.54) is 23.8 Å². The summed E-state index contributed by atoms with van der Waals surface area (Å²) in [6.45, 7) is 1.73. The second-order valence-corrected chi connectivity index (χ2v) is 5.94. The van der Waals surface area contributed by atoms with Crippen molar-refractivity contribution in [3.8, 4) is 0 Å². The van der Waals surface area contributed by atoms with Crippen LogP contribution >= 0.6 is 11.8 Å². The standard InChI is InChI=1S/C16H17FN2O3S/c1-10-13(8-11-5-4-6-12(17)7-11)15(21)19(2)16(18-10)23-9-14(20)22-3/h4-7H,8-9H2,1-3H3. The monoisotopic (exact) mass is 336 g/mol. The number of carbonyl (C=O) groups is 1. The van der Waals surface area contributed by atoms with Crippen molar-refractivity contribution in [3.63, 3.8) is 0 Å². The Morgan fingerprint density at radius 2 is 2.17 bits per heavy atom. The summed E-state index contributed by atoms with van der Waals surface area (Å²) in [5.41, 5.74) is 1.60. The molecule has 0 N–H and O–H groups in total. The third kappa shape index (κ3) is 4.19. The number of aryl methyl sites for hydroxylation is 1. The van der Waals surface area contributed by atoms with Gasteiger partial charge in [-0.1, -0.05) is 23.9 Å². The maximum absolute atomic E-state index is 13.3. The van der Waals surface area contributed by atoms with Crippen LogP contribution in [0.15, 0.2) is 34.2 Å². The maximum Gasteiger partial charge on any atom is 0.316 e. The minimum atomic E-state index is -0.384. The van der Waals surface area contributed by atoms with Crippen LogP contribution in [0.2, 0.25) is 0 Å².